The number of carbonyl (C=O) groups is 1. The van der Waals surface area contributed by atoms with Gasteiger partial charge in [-0.1, -0.05) is 12.8 Å². The van der Waals surface area contributed by atoms with Crippen molar-refractivity contribution in [2.45, 2.75) is 49.6 Å². The van der Waals surface area contributed by atoms with Crippen molar-refractivity contribution in [3.05, 3.63) is 23.8 Å². The second-order valence-corrected chi connectivity index (χ2v) is 8.15. The Morgan fingerprint density at radius 2 is 2.00 bits per heavy atom. The Bertz CT molecular complexity index is 721. The summed E-state index contributed by atoms with van der Waals surface area (Å²) in [4.78, 5) is 14.1. The minimum atomic E-state index is -3.76. The minimum Gasteiger partial charge on any atom is -0.495 e. The normalized spacial score (nSPS) is 16.0. The monoisotopic (exact) mass is 405 g/mol. The molecule has 1 aromatic rings. The molecule has 1 unspecified atom stereocenters. The number of sulfonamides is 1. The molecule has 0 heterocycles. The Morgan fingerprint density at radius 3 is 2.54 bits per heavy atom. The molecule has 0 bridgehead atoms. The number of halogens is 1. The van der Waals surface area contributed by atoms with Crippen LogP contribution in [0.15, 0.2) is 23.1 Å². The van der Waals surface area contributed by atoms with E-state index in [0.29, 0.717) is 6.54 Å². The van der Waals surface area contributed by atoms with Gasteiger partial charge in [-0.2, -0.15) is 0 Å². The number of nitrogens with two attached hydrogens (primary N) is 1. The van der Waals surface area contributed by atoms with E-state index in [2.05, 4.69) is 4.72 Å². The molecule has 1 atom stereocenters. The van der Waals surface area contributed by atoms with E-state index in [0.717, 1.165) is 25.7 Å². The Hall–Kier alpha value is -1.35. The molecule has 7 nitrogen and oxygen atoms in total. The van der Waals surface area contributed by atoms with E-state index in [1.165, 1.54) is 24.1 Å². The molecule has 1 fully saturated rings. The van der Waals surface area contributed by atoms with Gasteiger partial charge in [-0.25, -0.2) is 13.1 Å². The fraction of sp³-hybridized carbons (Fsp3) is 0.588. The van der Waals surface area contributed by atoms with E-state index >= 15 is 0 Å². The van der Waals surface area contributed by atoms with Crippen LogP contribution in [0.4, 0.5) is 0 Å². The van der Waals surface area contributed by atoms with Gasteiger partial charge in [0.1, 0.15) is 10.6 Å². The highest BCUT2D eigenvalue weighted by atomic mass is 35.5. The Kier molecular flexibility index (Phi) is 8.33. The number of nitrogens with zero attached hydrogens (tertiary/aromatic N) is 1. The second kappa shape index (κ2) is 9.55. The van der Waals surface area contributed by atoms with Crippen LogP contribution < -0.4 is 15.2 Å². The number of rotatable bonds is 7. The molecule has 0 saturated heterocycles. The van der Waals surface area contributed by atoms with Crippen LogP contribution >= 0.6 is 12.4 Å². The summed E-state index contributed by atoms with van der Waals surface area (Å²) >= 11 is 0. The molecule has 0 radical (unpaired) electrons. The summed E-state index contributed by atoms with van der Waals surface area (Å²) in [6.45, 7) is 2.16. The standard InChI is InChI=1S/C17H27N3O4S.ClH/c1-12(11-18)20(2)17(21)13-8-9-15(24-3)16(10-13)25(22,23)19-14-6-4-5-7-14;/h8-10,12,14,19H,4-7,11,18H2,1-3H3;1H. The van der Waals surface area contributed by atoms with E-state index < -0.39 is 10.0 Å². The molecular weight excluding hydrogens is 378 g/mol. The fourth-order valence-electron chi connectivity index (χ4n) is 2.91. The lowest BCUT2D eigenvalue weighted by Gasteiger charge is -2.24. The van der Waals surface area contributed by atoms with Gasteiger partial charge in [0.2, 0.25) is 10.0 Å². The van der Waals surface area contributed by atoms with Crippen molar-refractivity contribution in [2.75, 3.05) is 20.7 Å². The van der Waals surface area contributed by atoms with Crippen LogP contribution in [0.25, 0.3) is 0 Å². The van der Waals surface area contributed by atoms with Gasteiger partial charge in [0.05, 0.1) is 7.11 Å². The van der Waals surface area contributed by atoms with Crippen LogP contribution in [-0.4, -0.2) is 52.0 Å². The summed E-state index contributed by atoms with van der Waals surface area (Å²) in [6.07, 6.45) is 3.70. The summed E-state index contributed by atoms with van der Waals surface area (Å²) in [6, 6.07) is 4.24. The van der Waals surface area contributed by atoms with Crippen LogP contribution in [-0.2, 0) is 10.0 Å². The third-order valence-corrected chi connectivity index (χ3v) is 6.24. The lowest BCUT2D eigenvalue weighted by atomic mass is 10.1. The second-order valence-electron chi connectivity index (χ2n) is 6.47. The summed E-state index contributed by atoms with van der Waals surface area (Å²) in [5.41, 5.74) is 5.89. The number of nitrogens with one attached hydrogen (secondary N) is 1. The molecule has 1 amide bonds. The van der Waals surface area contributed by atoms with Gasteiger partial charge in [0.25, 0.3) is 5.91 Å². The first-order chi connectivity index (χ1) is 11.8. The third-order valence-electron chi connectivity index (χ3n) is 4.70. The van der Waals surface area contributed by atoms with E-state index in [1.54, 1.807) is 13.1 Å². The van der Waals surface area contributed by atoms with Gasteiger partial charge in [0, 0.05) is 31.2 Å². The molecule has 1 aromatic carbocycles. The zero-order valence-corrected chi connectivity index (χ0v) is 17.0. The molecule has 2 rings (SSSR count). The van der Waals surface area contributed by atoms with E-state index in [-0.39, 0.29) is 46.6 Å². The average Bonchev–Trinajstić information content (AvgIpc) is 3.11. The first-order valence-corrected chi connectivity index (χ1v) is 9.96. The molecule has 1 saturated carbocycles. The van der Waals surface area contributed by atoms with Crippen molar-refractivity contribution in [1.29, 1.82) is 0 Å². The van der Waals surface area contributed by atoms with Crippen LogP contribution in [0.2, 0.25) is 0 Å². The maximum Gasteiger partial charge on any atom is 0.253 e. The number of methoxy groups -OCH3 is 1. The topological polar surface area (TPSA) is 102 Å². The zero-order valence-electron chi connectivity index (χ0n) is 15.4. The largest absolute Gasteiger partial charge is 0.495 e. The maximum atomic E-state index is 12.8. The molecule has 1 aliphatic carbocycles. The third kappa shape index (κ3) is 5.09. The molecule has 9 heteroatoms. The smallest absolute Gasteiger partial charge is 0.253 e. The molecule has 3 N–H and O–H groups in total. The first kappa shape index (κ1) is 22.7. The van der Waals surface area contributed by atoms with E-state index in [1.807, 2.05) is 6.92 Å². The molecule has 148 valence electrons. The number of likely N-dealkylation sites (N-methyl/N-ethyl adjacent to an activating group) is 1. The van der Waals surface area contributed by atoms with Crippen LogP contribution in [0.5, 0.6) is 5.75 Å². The molecule has 26 heavy (non-hydrogen) atoms. The van der Waals surface area contributed by atoms with Crippen LogP contribution in [0, 0.1) is 0 Å². The molecule has 0 spiro atoms. The van der Waals surface area contributed by atoms with Crippen molar-refractivity contribution < 1.29 is 17.9 Å². The van der Waals surface area contributed by atoms with E-state index in [4.69, 9.17) is 10.5 Å². The van der Waals surface area contributed by atoms with Crippen LogP contribution in [0.3, 0.4) is 0 Å². The van der Waals surface area contributed by atoms with Crippen molar-refractivity contribution in [3.63, 3.8) is 0 Å². The van der Waals surface area contributed by atoms with Gasteiger partial charge in [-0.3, -0.25) is 4.79 Å². The quantitative estimate of drug-likeness (QED) is 0.719. The lowest BCUT2D eigenvalue weighted by molar-refractivity contribution is 0.0748. The zero-order chi connectivity index (χ0) is 18.6. The number of ether oxygens (including phenoxy) is 1. The first-order valence-electron chi connectivity index (χ1n) is 8.47. The SMILES string of the molecule is COc1ccc(C(=O)N(C)C(C)CN)cc1S(=O)(=O)NC1CCCC1.Cl. The predicted molar refractivity (Wildman–Crippen MR) is 103 cm³/mol. The highest BCUT2D eigenvalue weighted by Gasteiger charge is 2.27. The average molecular weight is 406 g/mol. The van der Waals surface area contributed by atoms with Gasteiger partial charge < -0.3 is 15.4 Å². The summed E-state index contributed by atoms with van der Waals surface area (Å²) in [5, 5.41) is 0. The summed E-state index contributed by atoms with van der Waals surface area (Å²) < 4.78 is 33.5. The number of hydrogen-bond donors (Lipinski definition) is 2. The van der Waals surface area contributed by atoms with Crippen molar-refractivity contribution in [2.24, 2.45) is 5.73 Å². The van der Waals surface area contributed by atoms with Gasteiger partial charge in [-0.15, -0.1) is 12.4 Å². The van der Waals surface area contributed by atoms with Crippen molar-refractivity contribution >= 4 is 28.3 Å². The van der Waals surface area contributed by atoms with Crippen molar-refractivity contribution in [1.82, 2.24) is 9.62 Å². The molecule has 1 aliphatic rings. The van der Waals surface area contributed by atoms with E-state index in [9.17, 15) is 13.2 Å². The van der Waals surface area contributed by atoms with Crippen molar-refractivity contribution in [3.8, 4) is 5.75 Å². The molecule has 0 aromatic heterocycles. The number of amides is 1. The maximum absolute atomic E-state index is 12.8. The fourth-order valence-corrected chi connectivity index (χ4v) is 4.41. The molecule has 0 aliphatic heterocycles. The Balaban J connectivity index is 0.00000338. The Morgan fingerprint density at radius 1 is 1.38 bits per heavy atom. The number of benzene rings is 1. The van der Waals surface area contributed by atoms with Gasteiger partial charge >= 0.3 is 0 Å². The molecular formula is C17H28ClN3O4S. The number of carbonyl (C=O) groups excluding carboxylic acids is 1. The Labute approximate surface area is 161 Å². The predicted octanol–water partition coefficient (Wildman–Crippen LogP) is 1.76. The summed E-state index contributed by atoms with van der Waals surface area (Å²) in [5.74, 6) is -0.0607. The lowest BCUT2D eigenvalue weighted by Crippen LogP contribution is -2.39. The number of hydrogen-bond acceptors (Lipinski definition) is 5. The highest BCUT2D eigenvalue weighted by Crippen LogP contribution is 2.27. The highest BCUT2D eigenvalue weighted by molar-refractivity contribution is 7.89. The minimum absolute atomic E-state index is 0. The van der Waals surface area contributed by atoms with Gasteiger partial charge in [-0.05, 0) is 38.0 Å². The van der Waals surface area contributed by atoms with Gasteiger partial charge in [0.15, 0.2) is 0 Å². The summed E-state index contributed by atoms with van der Waals surface area (Å²) in [7, 11) is -0.706. The van der Waals surface area contributed by atoms with Crippen LogP contribution in [0.1, 0.15) is 43.0 Å².